The lowest BCUT2D eigenvalue weighted by molar-refractivity contribution is -0.143. The Bertz CT molecular complexity index is 996. The van der Waals surface area contributed by atoms with Crippen LogP contribution in [0, 0.1) is 0 Å². The molecule has 1 aliphatic carbocycles. The summed E-state index contributed by atoms with van der Waals surface area (Å²) in [5, 5.41) is 25.8. The molecule has 4 rings (SSSR count). The highest BCUT2D eigenvalue weighted by atomic mass is 16.4. The Morgan fingerprint density at radius 3 is 2.66 bits per heavy atom. The summed E-state index contributed by atoms with van der Waals surface area (Å²) in [6, 6.07) is 12.3. The molecule has 2 unspecified atom stereocenters. The van der Waals surface area contributed by atoms with Gasteiger partial charge in [0.1, 0.15) is 11.9 Å². The number of rotatable bonds is 13. The lowest BCUT2D eigenvalue weighted by atomic mass is 10.1. The molecule has 1 aromatic carbocycles. The van der Waals surface area contributed by atoms with Gasteiger partial charge in [0, 0.05) is 24.8 Å². The van der Waals surface area contributed by atoms with E-state index in [2.05, 4.69) is 27.7 Å². The zero-order valence-corrected chi connectivity index (χ0v) is 20.2. The lowest BCUT2D eigenvalue weighted by Gasteiger charge is -2.24. The largest absolute Gasteiger partial charge is 0.480 e. The topological polar surface area (TPSA) is 115 Å². The molecule has 2 heterocycles. The van der Waals surface area contributed by atoms with E-state index in [4.69, 9.17) is 4.98 Å². The van der Waals surface area contributed by atoms with Gasteiger partial charge in [0.25, 0.3) is 5.91 Å². The smallest absolute Gasteiger partial charge is 0.326 e. The molecule has 0 saturated heterocycles. The monoisotopic (exact) mass is 480 g/mol. The number of hydrogen-bond acceptors (Lipinski definition) is 6. The highest BCUT2D eigenvalue weighted by Gasteiger charge is 2.31. The van der Waals surface area contributed by atoms with Crippen molar-refractivity contribution < 1.29 is 19.8 Å². The number of pyridine rings is 1. The van der Waals surface area contributed by atoms with E-state index in [0.717, 1.165) is 69.5 Å². The van der Waals surface area contributed by atoms with Gasteiger partial charge in [-0.3, -0.25) is 4.79 Å². The van der Waals surface area contributed by atoms with Gasteiger partial charge in [-0.1, -0.05) is 36.4 Å². The Kier molecular flexibility index (Phi) is 8.71. The summed E-state index contributed by atoms with van der Waals surface area (Å²) in [7, 11) is 0. The minimum absolute atomic E-state index is 0.303. The molecule has 4 N–H and O–H groups in total. The zero-order chi connectivity index (χ0) is 24.6. The first-order valence-electron chi connectivity index (χ1n) is 12.7. The molecular formula is C27H36N4O4. The van der Waals surface area contributed by atoms with Gasteiger partial charge in [-0.2, -0.15) is 0 Å². The van der Waals surface area contributed by atoms with Crippen LogP contribution in [0.5, 0.6) is 0 Å². The highest BCUT2D eigenvalue weighted by molar-refractivity contribution is 5.86. The number of carbonyl (C=O) groups excluding carboxylic acids is 1. The third-order valence-corrected chi connectivity index (χ3v) is 6.83. The first kappa shape index (κ1) is 25.1. The van der Waals surface area contributed by atoms with E-state index in [9.17, 15) is 19.8 Å². The van der Waals surface area contributed by atoms with E-state index in [-0.39, 0.29) is 0 Å². The van der Waals surface area contributed by atoms with Crippen LogP contribution < -0.4 is 10.6 Å². The molecule has 0 bridgehead atoms. The van der Waals surface area contributed by atoms with Gasteiger partial charge in [-0.15, -0.1) is 0 Å². The molecule has 1 saturated carbocycles. The average Bonchev–Trinajstić information content (AvgIpc) is 3.72. The Labute approximate surface area is 206 Å². The second-order valence-electron chi connectivity index (χ2n) is 9.57. The van der Waals surface area contributed by atoms with E-state index in [1.165, 1.54) is 5.56 Å². The molecule has 1 aromatic heterocycles. The van der Waals surface area contributed by atoms with Crippen LogP contribution in [0.3, 0.4) is 0 Å². The van der Waals surface area contributed by atoms with E-state index in [0.29, 0.717) is 24.6 Å². The number of unbranched alkanes of at least 4 members (excludes halogenated alkanes) is 1. The predicted octanol–water partition coefficient (Wildman–Crippen LogP) is 2.92. The maximum atomic E-state index is 12.4. The van der Waals surface area contributed by atoms with Crippen molar-refractivity contribution in [2.75, 3.05) is 25.0 Å². The molecule has 1 fully saturated rings. The number of fused-ring (bicyclic) bond motifs is 1. The van der Waals surface area contributed by atoms with Crippen LogP contribution in [0.25, 0.3) is 0 Å². The van der Waals surface area contributed by atoms with Crippen LogP contribution >= 0.6 is 0 Å². The molecule has 2 aromatic rings. The minimum atomic E-state index is -1.38. The zero-order valence-electron chi connectivity index (χ0n) is 20.2. The molecular weight excluding hydrogens is 444 g/mol. The van der Waals surface area contributed by atoms with Crippen molar-refractivity contribution >= 4 is 17.7 Å². The van der Waals surface area contributed by atoms with Gasteiger partial charge >= 0.3 is 5.97 Å². The number of benzene rings is 1. The van der Waals surface area contributed by atoms with Crippen molar-refractivity contribution in [1.82, 2.24) is 15.2 Å². The number of hydrogen-bond donors (Lipinski definition) is 4. The Morgan fingerprint density at radius 1 is 1.11 bits per heavy atom. The Morgan fingerprint density at radius 2 is 1.91 bits per heavy atom. The van der Waals surface area contributed by atoms with Crippen molar-refractivity contribution in [2.24, 2.45) is 0 Å². The third kappa shape index (κ3) is 7.26. The van der Waals surface area contributed by atoms with Gasteiger partial charge in [-0.05, 0) is 75.1 Å². The van der Waals surface area contributed by atoms with E-state index in [1.807, 2.05) is 0 Å². The molecule has 2 atom stereocenters. The van der Waals surface area contributed by atoms with Crippen molar-refractivity contribution in [2.45, 2.75) is 69.6 Å². The van der Waals surface area contributed by atoms with Crippen LogP contribution in [0.2, 0.25) is 0 Å². The van der Waals surface area contributed by atoms with Crippen molar-refractivity contribution in [3.05, 3.63) is 59.3 Å². The van der Waals surface area contributed by atoms with E-state index in [1.54, 1.807) is 30.3 Å². The molecule has 2 aliphatic rings. The number of carbonyl (C=O) groups is 2. The number of nitrogens with one attached hydrogen (secondary N) is 2. The first-order valence-corrected chi connectivity index (χ1v) is 12.7. The van der Waals surface area contributed by atoms with Crippen LogP contribution in [-0.2, 0) is 22.4 Å². The van der Waals surface area contributed by atoms with Crippen molar-refractivity contribution in [3.63, 3.8) is 0 Å². The third-order valence-electron chi connectivity index (χ3n) is 6.83. The maximum absolute atomic E-state index is 12.4. The Hall–Kier alpha value is -2.97. The van der Waals surface area contributed by atoms with Crippen LogP contribution in [-0.4, -0.2) is 63.7 Å². The molecule has 8 heteroatoms. The summed E-state index contributed by atoms with van der Waals surface area (Å²) in [5.74, 6) is -0.734. The fraction of sp³-hybridized carbons (Fsp3) is 0.519. The summed E-state index contributed by atoms with van der Waals surface area (Å²) in [6.07, 6.45) is 6.40. The summed E-state index contributed by atoms with van der Waals surface area (Å²) in [5.41, 5.74) is 2.86. The number of carboxylic acid groups (broad SMARTS) is 1. The van der Waals surface area contributed by atoms with Crippen LogP contribution in [0.4, 0.5) is 5.82 Å². The number of aromatic nitrogens is 1. The van der Waals surface area contributed by atoms with Crippen molar-refractivity contribution in [1.29, 1.82) is 0 Å². The molecule has 1 amide bonds. The number of carboxylic acids is 1. The van der Waals surface area contributed by atoms with Gasteiger partial charge < -0.3 is 25.7 Å². The summed E-state index contributed by atoms with van der Waals surface area (Å²) in [4.78, 5) is 31.3. The second kappa shape index (κ2) is 12.1. The fourth-order valence-electron chi connectivity index (χ4n) is 4.64. The molecule has 0 radical (unpaired) electrons. The number of aliphatic hydroxyl groups excluding tert-OH is 1. The SMILES string of the molecule is O=C(O)C(CCN(CCCCc1ccc2c(n1)NCCC2)C1CC1)NC(=O)C(O)c1ccccc1. The van der Waals surface area contributed by atoms with Crippen LogP contribution in [0.1, 0.15) is 61.4 Å². The normalized spacial score (nSPS) is 16.7. The lowest BCUT2D eigenvalue weighted by Crippen LogP contribution is -2.45. The van der Waals surface area contributed by atoms with Gasteiger partial charge in [0.2, 0.25) is 0 Å². The number of aryl methyl sites for hydroxylation is 2. The van der Waals surface area contributed by atoms with Crippen LogP contribution in [0.15, 0.2) is 42.5 Å². The number of aliphatic carboxylic acids is 1. The molecule has 35 heavy (non-hydrogen) atoms. The van der Waals surface area contributed by atoms with E-state index >= 15 is 0 Å². The summed E-state index contributed by atoms with van der Waals surface area (Å²) < 4.78 is 0. The number of amides is 1. The first-order chi connectivity index (χ1) is 17.0. The van der Waals surface area contributed by atoms with Crippen molar-refractivity contribution in [3.8, 4) is 0 Å². The maximum Gasteiger partial charge on any atom is 0.326 e. The molecule has 188 valence electrons. The Balaban J connectivity index is 1.23. The molecule has 1 aliphatic heterocycles. The predicted molar refractivity (Wildman–Crippen MR) is 134 cm³/mol. The summed E-state index contributed by atoms with van der Waals surface area (Å²) >= 11 is 0. The molecule has 0 spiro atoms. The highest BCUT2D eigenvalue weighted by Crippen LogP contribution is 2.28. The number of anilines is 1. The van der Waals surface area contributed by atoms with Gasteiger partial charge in [0.15, 0.2) is 6.10 Å². The number of nitrogens with zero attached hydrogens (tertiary/aromatic N) is 2. The fourth-order valence-corrected chi connectivity index (χ4v) is 4.64. The average molecular weight is 481 g/mol. The molecule has 8 nitrogen and oxygen atoms in total. The van der Waals surface area contributed by atoms with Gasteiger partial charge in [0.05, 0.1) is 0 Å². The summed E-state index contributed by atoms with van der Waals surface area (Å²) in [6.45, 7) is 2.49. The standard InChI is InChI=1S/C27H36N4O4/c32-24(19-7-2-1-3-8-19)26(33)30-23(27(34)35)15-18-31(22-13-14-22)17-5-4-10-21-12-11-20-9-6-16-28-25(20)29-21/h1-3,7-8,11-12,22-24,32H,4-6,9-10,13-18H2,(H,28,29)(H,30,33)(H,34,35). The van der Waals surface area contributed by atoms with E-state index < -0.39 is 24.0 Å². The second-order valence-corrected chi connectivity index (χ2v) is 9.57. The minimum Gasteiger partial charge on any atom is -0.480 e. The van der Waals surface area contributed by atoms with Gasteiger partial charge in [-0.25, -0.2) is 9.78 Å². The number of aliphatic hydroxyl groups is 1. The quantitative estimate of drug-likeness (QED) is 0.326.